The van der Waals surface area contributed by atoms with E-state index in [-0.39, 0.29) is 32.0 Å². The SMILES string of the molecule is CC/C=C\C/C=C\C/C=C\C/C=C\C/C=C\C/C=C\CCCCCCC(=O)OC(COC(=O)CCCCCCCCCCCCCCCCCCCCCCCCCCCCC)COP(=O)(O)OCC[N+](C)(C)C. The van der Waals surface area contributed by atoms with Crippen LogP contribution < -0.4 is 0 Å². The van der Waals surface area contributed by atoms with Crippen molar-refractivity contribution in [2.24, 2.45) is 0 Å². The summed E-state index contributed by atoms with van der Waals surface area (Å²) in [6, 6.07) is 0. The first-order valence-electron chi connectivity index (χ1n) is 30.7. The third kappa shape index (κ3) is 58.7. The Balaban J connectivity index is 4.15. The first-order chi connectivity index (χ1) is 36.0. The van der Waals surface area contributed by atoms with Crippen LogP contribution in [0.4, 0.5) is 0 Å². The van der Waals surface area contributed by atoms with Gasteiger partial charge in [-0.05, 0) is 64.2 Å². The third-order valence-corrected chi connectivity index (χ3v) is 14.2. The Morgan fingerprint density at radius 1 is 0.432 bits per heavy atom. The molecule has 430 valence electrons. The van der Waals surface area contributed by atoms with Crippen LogP contribution >= 0.6 is 7.82 Å². The lowest BCUT2D eigenvalue weighted by Gasteiger charge is -2.24. The minimum atomic E-state index is -4.40. The molecular formula is C64H117NO8P+. The summed E-state index contributed by atoms with van der Waals surface area (Å²) < 4.78 is 34.6. The zero-order chi connectivity index (χ0) is 54.2. The summed E-state index contributed by atoms with van der Waals surface area (Å²) in [4.78, 5) is 35.7. The molecule has 0 aliphatic rings. The molecule has 9 nitrogen and oxygen atoms in total. The second-order valence-electron chi connectivity index (χ2n) is 21.7. The van der Waals surface area contributed by atoms with Gasteiger partial charge in [-0.2, -0.15) is 0 Å². The number of nitrogens with zero attached hydrogens (tertiary/aromatic N) is 1. The number of allylic oxidation sites excluding steroid dienone is 12. The zero-order valence-corrected chi connectivity index (χ0v) is 49.7. The van der Waals surface area contributed by atoms with E-state index >= 15 is 0 Å². The maximum absolute atomic E-state index is 12.8. The Morgan fingerprint density at radius 3 is 1.15 bits per heavy atom. The van der Waals surface area contributed by atoms with Gasteiger partial charge >= 0.3 is 19.8 Å². The fraction of sp³-hybridized carbons (Fsp3) is 0.781. The minimum absolute atomic E-state index is 0.0243. The number of hydrogen-bond acceptors (Lipinski definition) is 7. The lowest BCUT2D eigenvalue weighted by Crippen LogP contribution is -2.37. The van der Waals surface area contributed by atoms with Crippen LogP contribution in [-0.2, 0) is 32.7 Å². The predicted octanol–water partition coefficient (Wildman–Crippen LogP) is 19.3. The van der Waals surface area contributed by atoms with Crippen molar-refractivity contribution < 1.29 is 42.1 Å². The van der Waals surface area contributed by atoms with Crippen LogP contribution in [0.3, 0.4) is 0 Å². The van der Waals surface area contributed by atoms with Crippen LogP contribution in [0.5, 0.6) is 0 Å². The quantitative estimate of drug-likeness (QED) is 0.0211. The summed E-state index contributed by atoms with van der Waals surface area (Å²) >= 11 is 0. The van der Waals surface area contributed by atoms with Gasteiger partial charge in [0.2, 0.25) is 0 Å². The maximum atomic E-state index is 12.8. The molecule has 0 aliphatic heterocycles. The molecule has 0 amide bonds. The van der Waals surface area contributed by atoms with Gasteiger partial charge in [0, 0.05) is 12.8 Å². The summed E-state index contributed by atoms with van der Waals surface area (Å²) in [5.41, 5.74) is 0. The molecule has 0 radical (unpaired) electrons. The van der Waals surface area contributed by atoms with Gasteiger partial charge in [0.1, 0.15) is 19.8 Å². The lowest BCUT2D eigenvalue weighted by molar-refractivity contribution is -0.870. The summed E-state index contributed by atoms with van der Waals surface area (Å²) in [7, 11) is 1.46. The molecule has 0 spiro atoms. The van der Waals surface area contributed by atoms with E-state index < -0.39 is 26.5 Å². The Kier molecular flexibility index (Phi) is 53.3. The van der Waals surface area contributed by atoms with Gasteiger partial charge in [-0.15, -0.1) is 0 Å². The number of phosphoric acid groups is 1. The van der Waals surface area contributed by atoms with E-state index in [0.29, 0.717) is 17.4 Å². The number of rotatable bonds is 56. The predicted molar refractivity (Wildman–Crippen MR) is 316 cm³/mol. The van der Waals surface area contributed by atoms with E-state index in [2.05, 4.69) is 86.8 Å². The summed E-state index contributed by atoms with van der Waals surface area (Å²) in [5.74, 6) is -0.820. The van der Waals surface area contributed by atoms with Crippen molar-refractivity contribution in [1.29, 1.82) is 0 Å². The van der Waals surface area contributed by atoms with Crippen molar-refractivity contribution in [3.8, 4) is 0 Å². The van der Waals surface area contributed by atoms with Crippen molar-refractivity contribution in [3.63, 3.8) is 0 Å². The van der Waals surface area contributed by atoms with Crippen LogP contribution in [0, 0.1) is 0 Å². The molecule has 0 aromatic rings. The van der Waals surface area contributed by atoms with Crippen molar-refractivity contribution in [3.05, 3.63) is 72.9 Å². The van der Waals surface area contributed by atoms with Gasteiger partial charge in [0.05, 0.1) is 27.7 Å². The molecule has 10 heteroatoms. The second kappa shape index (κ2) is 55.2. The number of carbonyl (C=O) groups excluding carboxylic acids is 2. The van der Waals surface area contributed by atoms with Gasteiger partial charge in [-0.3, -0.25) is 18.6 Å². The molecule has 0 rings (SSSR count). The molecule has 2 unspecified atom stereocenters. The number of esters is 2. The molecule has 0 aromatic carbocycles. The molecule has 0 bridgehead atoms. The molecule has 0 aromatic heterocycles. The molecular weight excluding hydrogens is 942 g/mol. The highest BCUT2D eigenvalue weighted by atomic mass is 31.2. The van der Waals surface area contributed by atoms with Gasteiger partial charge in [0.15, 0.2) is 6.10 Å². The molecule has 1 N–H and O–H groups in total. The Labute approximate surface area is 457 Å². The summed E-state index contributed by atoms with van der Waals surface area (Å²) in [5, 5.41) is 0. The Hall–Kier alpha value is -2.55. The highest BCUT2D eigenvalue weighted by Crippen LogP contribution is 2.43. The van der Waals surface area contributed by atoms with E-state index in [9.17, 15) is 19.0 Å². The highest BCUT2D eigenvalue weighted by Gasteiger charge is 2.27. The lowest BCUT2D eigenvalue weighted by atomic mass is 10.0. The number of likely N-dealkylation sites (N-methyl/N-ethyl adjacent to an activating group) is 1. The van der Waals surface area contributed by atoms with E-state index in [1.807, 2.05) is 21.1 Å². The normalized spacial score (nSPS) is 13.8. The van der Waals surface area contributed by atoms with Crippen molar-refractivity contribution in [2.75, 3.05) is 47.5 Å². The van der Waals surface area contributed by atoms with E-state index in [0.717, 1.165) is 83.5 Å². The number of hydrogen-bond donors (Lipinski definition) is 1. The van der Waals surface area contributed by atoms with Gasteiger partial charge < -0.3 is 18.9 Å². The molecule has 0 aliphatic carbocycles. The number of unbranched alkanes of at least 4 members (excludes halogenated alkanes) is 30. The second-order valence-corrected chi connectivity index (χ2v) is 23.2. The van der Waals surface area contributed by atoms with Crippen LogP contribution in [-0.4, -0.2) is 74.9 Å². The smallest absolute Gasteiger partial charge is 0.462 e. The first kappa shape index (κ1) is 71.5. The van der Waals surface area contributed by atoms with Crippen LogP contribution in [0.25, 0.3) is 0 Å². The number of ether oxygens (including phenoxy) is 2. The van der Waals surface area contributed by atoms with Crippen LogP contribution in [0.15, 0.2) is 72.9 Å². The summed E-state index contributed by atoms with van der Waals surface area (Å²) in [6.07, 6.45) is 72.7. The Bertz CT molecular complexity index is 1480. The van der Waals surface area contributed by atoms with Crippen molar-refractivity contribution >= 4 is 19.8 Å². The highest BCUT2D eigenvalue weighted by molar-refractivity contribution is 7.47. The van der Waals surface area contributed by atoms with Crippen LogP contribution in [0.1, 0.15) is 271 Å². The number of quaternary nitrogens is 1. The largest absolute Gasteiger partial charge is 0.472 e. The van der Waals surface area contributed by atoms with E-state index in [1.54, 1.807) is 0 Å². The molecule has 74 heavy (non-hydrogen) atoms. The monoisotopic (exact) mass is 1060 g/mol. The fourth-order valence-electron chi connectivity index (χ4n) is 8.55. The molecule has 0 fully saturated rings. The van der Waals surface area contributed by atoms with Crippen LogP contribution in [0.2, 0.25) is 0 Å². The average molecular weight is 1060 g/mol. The molecule has 0 heterocycles. The Morgan fingerprint density at radius 2 is 0.770 bits per heavy atom. The van der Waals surface area contributed by atoms with Gasteiger partial charge in [-0.25, -0.2) is 4.57 Å². The first-order valence-corrected chi connectivity index (χ1v) is 32.2. The topological polar surface area (TPSA) is 108 Å². The summed E-state index contributed by atoms with van der Waals surface area (Å²) in [6.45, 7) is 4.32. The average Bonchev–Trinajstić information content (AvgIpc) is 3.36. The van der Waals surface area contributed by atoms with E-state index in [4.69, 9.17) is 18.5 Å². The van der Waals surface area contributed by atoms with Crippen molar-refractivity contribution in [1.82, 2.24) is 0 Å². The fourth-order valence-corrected chi connectivity index (χ4v) is 9.29. The molecule has 2 atom stereocenters. The molecule has 0 saturated carbocycles. The van der Waals surface area contributed by atoms with Gasteiger partial charge in [-0.1, -0.05) is 267 Å². The number of phosphoric ester groups is 1. The zero-order valence-electron chi connectivity index (χ0n) is 48.8. The maximum Gasteiger partial charge on any atom is 0.472 e. The number of carbonyl (C=O) groups is 2. The van der Waals surface area contributed by atoms with E-state index in [1.165, 1.54) is 154 Å². The standard InChI is InChI=1S/C64H116NO8P/c1-6-8-10-12-14-16-18-20-22-24-26-28-30-31-32-33-35-36-38-40-42-44-46-48-50-52-54-56-63(66)70-60-62(61-72-74(68,69)71-59-58-65(3,4)5)73-64(67)57-55-53-51-49-47-45-43-41-39-37-34-29-27-25-23-21-19-17-15-13-11-9-7-2/h9,11,15,17,21,23,27,29,37,39,43,45,62H,6-8,10,12-14,16,18-20,22,24-26,28,30-36,38,40-42,44,46-61H2,1-5H3/p+1/b11-9-,17-15-,23-21-,29-27-,39-37-,45-43-. The minimum Gasteiger partial charge on any atom is -0.462 e. The van der Waals surface area contributed by atoms with Gasteiger partial charge in [0.25, 0.3) is 0 Å². The molecule has 0 saturated heterocycles. The third-order valence-electron chi connectivity index (χ3n) is 13.3. The van der Waals surface area contributed by atoms with Crippen molar-refractivity contribution in [2.45, 2.75) is 277 Å².